The minimum Gasteiger partial charge on any atom is -0.497 e. The normalized spacial score (nSPS) is 17.2. The fourth-order valence-corrected chi connectivity index (χ4v) is 6.82. The largest absolute Gasteiger partial charge is 0.497 e. The van der Waals surface area contributed by atoms with Gasteiger partial charge in [-0.2, -0.15) is 4.98 Å². The van der Waals surface area contributed by atoms with Crippen LogP contribution in [0.2, 0.25) is 5.02 Å². The lowest BCUT2D eigenvalue weighted by atomic mass is 9.93. The summed E-state index contributed by atoms with van der Waals surface area (Å²) >= 11 is 6.80. The van der Waals surface area contributed by atoms with E-state index in [2.05, 4.69) is 21.4 Å². The fraction of sp³-hybridized carbons (Fsp3) is 0.444. The third-order valence-corrected chi connectivity index (χ3v) is 9.66. The molecule has 2 fully saturated rings. The molecule has 2 aliphatic heterocycles. The van der Waals surface area contributed by atoms with Crippen LogP contribution in [0.15, 0.2) is 59.7 Å². The molecule has 2 N–H and O–H groups in total. The number of fused-ring (bicyclic) bond motifs is 1. The SMILES string of the molecule is COc1cc(OC)c(Cl)c(-c2cc3cnc(Nc4ccc(C5CCOCC5)cn4)nc3n(C3CCN(C(O)/C=C/CN(C)C)CC3)c2=O)c1. The number of ether oxygens (including phenoxy) is 3. The number of hydrogen-bond acceptors (Lipinski definition) is 11. The van der Waals surface area contributed by atoms with Crippen LogP contribution >= 0.6 is 11.6 Å². The third-order valence-electron chi connectivity index (χ3n) is 9.27. The first-order valence-corrected chi connectivity index (χ1v) is 17.0. The zero-order valence-electron chi connectivity index (χ0n) is 28.4. The molecule has 3 aromatic heterocycles. The lowest BCUT2D eigenvalue weighted by Crippen LogP contribution is -2.42. The summed E-state index contributed by atoms with van der Waals surface area (Å²) in [6.07, 6.45) is 9.92. The van der Waals surface area contributed by atoms with Crippen molar-refractivity contribution in [1.29, 1.82) is 0 Å². The van der Waals surface area contributed by atoms with E-state index >= 15 is 0 Å². The van der Waals surface area contributed by atoms with Crippen LogP contribution in [0.25, 0.3) is 22.2 Å². The van der Waals surface area contributed by atoms with E-state index < -0.39 is 6.23 Å². The summed E-state index contributed by atoms with van der Waals surface area (Å²) in [5.74, 6) is 2.30. The van der Waals surface area contributed by atoms with Gasteiger partial charge < -0.3 is 29.5 Å². The minimum absolute atomic E-state index is 0.185. The zero-order valence-corrected chi connectivity index (χ0v) is 29.2. The summed E-state index contributed by atoms with van der Waals surface area (Å²) in [6.45, 7) is 3.48. The average Bonchev–Trinajstić information content (AvgIpc) is 3.12. The van der Waals surface area contributed by atoms with Gasteiger partial charge in [-0.05, 0) is 75.5 Å². The highest BCUT2D eigenvalue weighted by Crippen LogP contribution is 2.39. The number of nitrogens with one attached hydrogen (secondary N) is 1. The number of aliphatic hydroxyl groups excluding tert-OH is 1. The fourth-order valence-electron chi connectivity index (χ4n) is 6.54. The molecular weight excluding hydrogens is 646 g/mol. The number of hydrogen-bond donors (Lipinski definition) is 2. The van der Waals surface area contributed by atoms with E-state index in [1.807, 2.05) is 48.3 Å². The first-order valence-electron chi connectivity index (χ1n) is 16.6. The van der Waals surface area contributed by atoms with Crippen LogP contribution in [0.4, 0.5) is 11.8 Å². The standard InChI is InChI=1S/C36H44ClN7O5/c1-42(2)13-5-6-32(45)43-14-9-26(10-15-43)44-34-25(18-29(35(44)46)28-19-27(47-3)20-30(48-4)33(28)37)22-39-36(41-34)40-31-8-7-24(21-38-31)23-11-16-49-17-12-23/h5-8,18-23,26,32,45H,9-17H2,1-4H3,(H,38,39,40,41)/b6-5+. The number of methoxy groups -OCH3 is 2. The molecule has 260 valence electrons. The monoisotopic (exact) mass is 689 g/mol. The summed E-state index contributed by atoms with van der Waals surface area (Å²) in [5, 5.41) is 15.0. The van der Waals surface area contributed by atoms with E-state index in [1.54, 1.807) is 36.1 Å². The van der Waals surface area contributed by atoms with E-state index in [1.165, 1.54) is 12.7 Å². The van der Waals surface area contributed by atoms with Crippen molar-refractivity contribution in [3.8, 4) is 22.6 Å². The quantitative estimate of drug-likeness (QED) is 0.201. The minimum atomic E-state index is -0.702. The van der Waals surface area contributed by atoms with Gasteiger partial charge in [0.15, 0.2) is 0 Å². The predicted molar refractivity (Wildman–Crippen MR) is 191 cm³/mol. The first kappa shape index (κ1) is 34.8. The van der Waals surface area contributed by atoms with Crippen molar-refractivity contribution in [2.75, 3.05) is 66.5 Å². The van der Waals surface area contributed by atoms with Gasteiger partial charge in [0.1, 0.15) is 29.2 Å². The van der Waals surface area contributed by atoms with Crippen molar-refractivity contribution in [1.82, 2.24) is 29.3 Å². The van der Waals surface area contributed by atoms with Crippen LogP contribution in [0.3, 0.4) is 0 Å². The molecule has 1 aromatic carbocycles. The maximum atomic E-state index is 14.6. The first-order chi connectivity index (χ1) is 23.7. The van der Waals surface area contributed by atoms with Crippen molar-refractivity contribution in [2.45, 2.75) is 43.9 Å². The Hall–Kier alpha value is -4.07. The van der Waals surface area contributed by atoms with Crippen LogP contribution in [-0.2, 0) is 4.74 Å². The second-order valence-electron chi connectivity index (χ2n) is 12.8. The molecule has 0 spiro atoms. The smallest absolute Gasteiger partial charge is 0.260 e. The van der Waals surface area contributed by atoms with Gasteiger partial charge in [-0.1, -0.05) is 23.7 Å². The molecule has 6 rings (SSSR count). The molecular formula is C36H44ClN7O5. The molecule has 49 heavy (non-hydrogen) atoms. The molecule has 4 aromatic rings. The Morgan fingerprint density at radius 3 is 2.51 bits per heavy atom. The number of likely N-dealkylation sites (N-methyl/N-ethyl adjacent to an activating group) is 1. The molecule has 0 saturated carbocycles. The van der Waals surface area contributed by atoms with Gasteiger partial charge >= 0.3 is 0 Å². The van der Waals surface area contributed by atoms with Gasteiger partial charge in [-0.25, -0.2) is 9.97 Å². The summed E-state index contributed by atoms with van der Waals surface area (Å²) < 4.78 is 18.3. The highest BCUT2D eigenvalue weighted by Gasteiger charge is 2.28. The van der Waals surface area contributed by atoms with Crippen molar-refractivity contribution in [2.24, 2.45) is 0 Å². The zero-order chi connectivity index (χ0) is 34.5. The molecule has 5 heterocycles. The molecule has 2 saturated heterocycles. The number of rotatable bonds is 11. The molecule has 13 heteroatoms. The molecule has 0 bridgehead atoms. The topological polar surface area (TPSA) is 127 Å². The van der Waals surface area contributed by atoms with Crippen LogP contribution < -0.4 is 20.3 Å². The van der Waals surface area contributed by atoms with E-state index in [-0.39, 0.29) is 11.6 Å². The Morgan fingerprint density at radius 2 is 1.84 bits per heavy atom. The van der Waals surface area contributed by atoms with Gasteiger partial charge in [0.05, 0.1) is 19.2 Å². The maximum absolute atomic E-state index is 14.6. The van der Waals surface area contributed by atoms with E-state index in [9.17, 15) is 9.90 Å². The van der Waals surface area contributed by atoms with Crippen LogP contribution in [0.1, 0.15) is 43.2 Å². The Balaban J connectivity index is 1.36. The number of piperidine rings is 1. The predicted octanol–water partition coefficient (Wildman–Crippen LogP) is 5.23. The van der Waals surface area contributed by atoms with E-state index in [4.69, 9.17) is 30.8 Å². The molecule has 1 unspecified atom stereocenters. The second kappa shape index (κ2) is 15.6. The van der Waals surface area contributed by atoms with E-state index in [0.29, 0.717) is 82.3 Å². The van der Waals surface area contributed by atoms with Crippen molar-refractivity contribution in [3.63, 3.8) is 0 Å². The number of likely N-dealkylation sites (tertiary alicyclic amines) is 1. The van der Waals surface area contributed by atoms with Gasteiger partial charge in [0.2, 0.25) is 5.95 Å². The Kier molecular flexibility index (Phi) is 11.1. The summed E-state index contributed by atoms with van der Waals surface area (Å²) in [4.78, 5) is 32.7. The summed E-state index contributed by atoms with van der Waals surface area (Å²) in [6, 6.07) is 9.02. The van der Waals surface area contributed by atoms with Crippen LogP contribution in [-0.4, -0.2) is 102 Å². The molecule has 0 radical (unpaired) electrons. The van der Waals surface area contributed by atoms with Gasteiger partial charge in [0, 0.05) is 73.9 Å². The Morgan fingerprint density at radius 1 is 1.06 bits per heavy atom. The number of pyridine rings is 2. The maximum Gasteiger partial charge on any atom is 0.260 e. The third kappa shape index (κ3) is 7.89. The van der Waals surface area contributed by atoms with Gasteiger partial charge in [-0.3, -0.25) is 14.3 Å². The van der Waals surface area contributed by atoms with Crippen molar-refractivity contribution in [3.05, 3.63) is 75.8 Å². The molecule has 0 aliphatic carbocycles. The number of benzene rings is 1. The van der Waals surface area contributed by atoms with Crippen molar-refractivity contribution < 1.29 is 19.3 Å². The van der Waals surface area contributed by atoms with E-state index in [0.717, 1.165) is 32.6 Å². The average molecular weight is 690 g/mol. The highest BCUT2D eigenvalue weighted by molar-refractivity contribution is 6.35. The van der Waals surface area contributed by atoms with Gasteiger partial charge in [0.25, 0.3) is 5.56 Å². The molecule has 1 atom stereocenters. The Labute approximate surface area is 291 Å². The van der Waals surface area contributed by atoms with Crippen LogP contribution in [0, 0.1) is 0 Å². The summed E-state index contributed by atoms with van der Waals surface area (Å²) in [7, 11) is 7.05. The lowest BCUT2D eigenvalue weighted by molar-refractivity contribution is 0.0183. The molecule has 12 nitrogen and oxygen atoms in total. The van der Waals surface area contributed by atoms with Crippen LogP contribution in [0.5, 0.6) is 11.5 Å². The number of aliphatic hydroxyl groups is 1. The number of nitrogens with zero attached hydrogens (tertiary/aromatic N) is 6. The Bertz CT molecular complexity index is 1830. The molecule has 2 aliphatic rings. The second-order valence-corrected chi connectivity index (χ2v) is 13.1. The number of aromatic nitrogens is 4. The number of anilines is 2. The van der Waals surface area contributed by atoms with Gasteiger partial charge in [-0.15, -0.1) is 0 Å². The van der Waals surface area contributed by atoms with Crippen molar-refractivity contribution >= 4 is 34.4 Å². The lowest BCUT2D eigenvalue weighted by Gasteiger charge is -2.35. The molecule has 0 amide bonds. The highest BCUT2D eigenvalue weighted by atomic mass is 35.5. The summed E-state index contributed by atoms with van der Waals surface area (Å²) in [5.41, 5.74) is 2.33. The number of halogens is 1.